The molecule has 2 aromatic heterocycles. The van der Waals surface area contributed by atoms with Crippen LogP contribution in [0.4, 0.5) is 0 Å². The van der Waals surface area contributed by atoms with Crippen molar-refractivity contribution >= 4 is 0 Å². The van der Waals surface area contributed by atoms with E-state index in [4.69, 9.17) is 4.42 Å². The van der Waals surface area contributed by atoms with Crippen LogP contribution in [0.3, 0.4) is 0 Å². The molecule has 0 aliphatic carbocycles. The summed E-state index contributed by atoms with van der Waals surface area (Å²) in [5.74, 6) is 0.853. The van der Waals surface area contributed by atoms with Crippen molar-refractivity contribution in [2.24, 2.45) is 7.05 Å². The second-order valence-electron chi connectivity index (χ2n) is 4.16. The number of nitrogens with zero attached hydrogens (tertiary/aromatic N) is 2. The highest BCUT2D eigenvalue weighted by atomic mass is 16.3. The van der Waals surface area contributed by atoms with Crippen LogP contribution in [0.1, 0.15) is 19.5 Å². The molecule has 0 radical (unpaired) electrons. The number of nitrogens with one attached hydrogen (secondary N) is 1. The first kappa shape index (κ1) is 11.0. The van der Waals surface area contributed by atoms with E-state index in [9.17, 15) is 0 Å². The Morgan fingerprint density at radius 3 is 2.94 bits per heavy atom. The molecule has 4 heteroatoms. The van der Waals surface area contributed by atoms with E-state index in [-0.39, 0.29) is 0 Å². The van der Waals surface area contributed by atoms with Crippen LogP contribution in [0.2, 0.25) is 0 Å². The van der Waals surface area contributed by atoms with Gasteiger partial charge in [0.25, 0.3) is 0 Å². The van der Waals surface area contributed by atoms with E-state index in [1.165, 1.54) is 0 Å². The Morgan fingerprint density at radius 2 is 2.31 bits per heavy atom. The van der Waals surface area contributed by atoms with Gasteiger partial charge in [-0.05, 0) is 18.2 Å². The number of aromatic nitrogens is 2. The lowest BCUT2D eigenvalue weighted by molar-refractivity contribution is 0.567. The average molecular weight is 219 g/mol. The van der Waals surface area contributed by atoms with E-state index in [2.05, 4.69) is 24.3 Å². The smallest absolute Gasteiger partial charge is 0.151 e. The van der Waals surface area contributed by atoms with Gasteiger partial charge in [0.15, 0.2) is 5.76 Å². The van der Waals surface area contributed by atoms with Crippen LogP contribution in [-0.4, -0.2) is 15.8 Å². The molecule has 0 spiro atoms. The molecule has 0 aromatic carbocycles. The zero-order valence-corrected chi connectivity index (χ0v) is 9.90. The van der Waals surface area contributed by atoms with Gasteiger partial charge >= 0.3 is 0 Å². The lowest BCUT2D eigenvalue weighted by Gasteiger charge is -2.04. The molecule has 2 aromatic rings. The molecular formula is C12H17N3O. The van der Waals surface area contributed by atoms with Crippen molar-refractivity contribution in [1.82, 2.24) is 15.1 Å². The molecule has 1 N–H and O–H groups in total. The van der Waals surface area contributed by atoms with Gasteiger partial charge in [-0.25, -0.2) is 0 Å². The van der Waals surface area contributed by atoms with Crippen molar-refractivity contribution in [2.75, 3.05) is 0 Å². The van der Waals surface area contributed by atoms with Crippen molar-refractivity contribution in [1.29, 1.82) is 0 Å². The lowest BCUT2D eigenvalue weighted by atomic mass is 10.3. The van der Waals surface area contributed by atoms with Gasteiger partial charge in [0.1, 0.15) is 5.69 Å². The molecule has 0 saturated heterocycles. The van der Waals surface area contributed by atoms with E-state index in [1.807, 2.05) is 29.9 Å². The van der Waals surface area contributed by atoms with Gasteiger partial charge in [-0.3, -0.25) is 4.68 Å². The number of hydrogen-bond acceptors (Lipinski definition) is 3. The zero-order chi connectivity index (χ0) is 11.5. The van der Waals surface area contributed by atoms with Crippen molar-refractivity contribution in [3.05, 3.63) is 30.2 Å². The fourth-order valence-corrected chi connectivity index (χ4v) is 1.58. The topological polar surface area (TPSA) is 43.0 Å². The van der Waals surface area contributed by atoms with Crippen molar-refractivity contribution < 1.29 is 4.42 Å². The minimum Gasteiger partial charge on any atom is -0.463 e. The SMILES string of the molecule is CC(C)NCc1cc(-c2ccco2)n(C)n1. The summed E-state index contributed by atoms with van der Waals surface area (Å²) in [6.45, 7) is 5.03. The van der Waals surface area contributed by atoms with Gasteiger partial charge in [0, 0.05) is 19.6 Å². The monoisotopic (exact) mass is 219 g/mol. The Kier molecular flexibility index (Phi) is 3.10. The van der Waals surface area contributed by atoms with Crippen LogP contribution >= 0.6 is 0 Å². The van der Waals surface area contributed by atoms with E-state index >= 15 is 0 Å². The molecule has 86 valence electrons. The summed E-state index contributed by atoms with van der Waals surface area (Å²) in [6.07, 6.45) is 1.67. The molecule has 16 heavy (non-hydrogen) atoms. The first-order chi connectivity index (χ1) is 7.66. The normalized spacial score (nSPS) is 11.2. The first-order valence-corrected chi connectivity index (χ1v) is 5.47. The quantitative estimate of drug-likeness (QED) is 0.857. The molecule has 0 aliphatic heterocycles. The zero-order valence-electron chi connectivity index (χ0n) is 9.90. The molecule has 2 rings (SSSR count). The third kappa shape index (κ3) is 2.33. The maximum Gasteiger partial charge on any atom is 0.151 e. The minimum atomic E-state index is 0.467. The van der Waals surface area contributed by atoms with Crippen molar-refractivity contribution in [3.8, 4) is 11.5 Å². The van der Waals surface area contributed by atoms with Crippen molar-refractivity contribution in [3.63, 3.8) is 0 Å². The van der Waals surface area contributed by atoms with Gasteiger partial charge in [-0.15, -0.1) is 0 Å². The molecular weight excluding hydrogens is 202 g/mol. The molecule has 0 aliphatic rings. The molecule has 0 saturated carbocycles. The molecule has 0 atom stereocenters. The van der Waals surface area contributed by atoms with Gasteiger partial charge in [0.05, 0.1) is 12.0 Å². The molecule has 0 bridgehead atoms. The summed E-state index contributed by atoms with van der Waals surface area (Å²) in [4.78, 5) is 0. The third-order valence-electron chi connectivity index (χ3n) is 2.40. The molecule has 0 unspecified atom stereocenters. The average Bonchev–Trinajstić information content (AvgIpc) is 2.83. The molecule has 0 amide bonds. The van der Waals surface area contributed by atoms with Crippen LogP contribution in [0, 0.1) is 0 Å². The summed E-state index contributed by atoms with van der Waals surface area (Å²) in [5, 5.41) is 7.77. The second-order valence-corrected chi connectivity index (χ2v) is 4.16. The molecule has 2 heterocycles. The lowest BCUT2D eigenvalue weighted by Crippen LogP contribution is -2.22. The van der Waals surface area contributed by atoms with Crippen LogP contribution in [-0.2, 0) is 13.6 Å². The largest absolute Gasteiger partial charge is 0.463 e. The second kappa shape index (κ2) is 4.53. The van der Waals surface area contributed by atoms with Crippen LogP contribution in [0.15, 0.2) is 28.9 Å². The van der Waals surface area contributed by atoms with Crippen molar-refractivity contribution in [2.45, 2.75) is 26.4 Å². The van der Waals surface area contributed by atoms with Gasteiger partial charge in [0.2, 0.25) is 0 Å². The number of furan rings is 1. The van der Waals surface area contributed by atoms with Gasteiger partial charge < -0.3 is 9.73 Å². The van der Waals surface area contributed by atoms with Crippen LogP contribution < -0.4 is 5.32 Å². The highest BCUT2D eigenvalue weighted by Gasteiger charge is 2.09. The van der Waals surface area contributed by atoms with Gasteiger partial charge in [-0.1, -0.05) is 13.8 Å². The summed E-state index contributed by atoms with van der Waals surface area (Å²) in [7, 11) is 1.93. The predicted molar refractivity (Wildman–Crippen MR) is 62.9 cm³/mol. The number of rotatable bonds is 4. The Morgan fingerprint density at radius 1 is 1.50 bits per heavy atom. The minimum absolute atomic E-state index is 0.467. The van der Waals surface area contributed by atoms with Crippen LogP contribution in [0.25, 0.3) is 11.5 Å². The summed E-state index contributed by atoms with van der Waals surface area (Å²) >= 11 is 0. The fraction of sp³-hybridized carbons (Fsp3) is 0.417. The third-order valence-corrected chi connectivity index (χ3v) is 2.40. The fourth-order valence-electron chi connectivity index (χ4n) is 1.58. The number of aryl methyl sites for hydroxylation is 1. The number of hydrogen-bond donors (Lipinski definition) is 1. The molecule has 0 fully saturated rings. The highest BCUT2D eigenvalue weighted by Crippen LogP contribution is 2.19. The van der Waals surface area contributed by atoms with E-state index < -0.39 is 0 Å². The Balaban J connectivity index is 2.16. The van der Waals surface area contributed by atoms with Gasteiger partial charge in [-0.2, -0.15) is 5.10 Å². The Hall–Kier alpha value is -1.55. The Labute approximate surface area is 95.3 Å². The maximum absolute atomic E-state index is 5.36. The summed E-state index contributed by atoms with van der Waals surface area (Å²) in [6, 6.07) is 6.34. The summed E-state index contributed by atoms with van der Waals surface area (Å²) in [5.41, 5.74) is 2.04. The highest BCUT2D eigenvalue weighted by molar-refractivity contribution is 5.52. The standard InChI is InChI=1S/C12H17N3O/c1-9(2)13-8-10-7-11(15(3)14-10)12-5-4-6-16-12/h4-7,9,13H,8H2,1-3H3. The maximum atomic E-state index is 5.36. The summed E-state index contributed by atoms with van der Waals surface area (Å²) < 4.78 is 7.20. The predicted octanol–water partition coefficient (Wildman–Crippen LogP) is 2.18. The van der Waals surface area contributed by atoms with E-state index in [0.29, 0.717) is 6.04 Å². The van der Waals surface area contributed by atoms with Crippen LogP contribution in [0.5, 0.6) is 0 Å². The van der Waals surface area contributed by atoms with E-state index in [0.717, 1.165) is 23.7 Å². The van der Waals surface area contributed by atoms with E-state index in [1.54, 1.807) is 6.26 Å². The molecule has 4 nitrogen and oxygen atoms in total. The Bertz CT molecular complexity index is 443. The first-order valence-electron chi connectivity index (χ1n) is 5.47.